The van der Waals surface area contributed by atoms with Gasteiger partial charge in [0.2, 0.25) is 0 Å². The molecule has 0 saturated carbocycles. The molecule has 0 radical (unpaired) electrons. The van der Waals surface area contributed by atoms with Crippen molar-refractivity contribution in [3.63, 3.8) is 0 Å². The highest BCUT2D eigenvalue weighted by atomic mass is 35.5. The quantitative estimate of drug-likeness (QED) is 0.925. The van der Waals surface area contributed by atoms with E-state index in [0.717, 1.165) is 42.8 Å². The number of rotatable bonds is 3. The molecule has 1 aliphatic rings. The van der Waals surface area contributed by atoms with Gasteiger partial charge in [0.05, 0.1) is 18.3 Å². The fourth-order valence-corrected chi connectivity index (χ4v) is 2.81. The van der Waals surface area contributed by atoms with Crippen molar-refractivity contribution in [3.05, 3.63) is 30.0 Å². The van der Waals surface area contributed by atoms with Gasteiger partial charge < -0.3 is 19.6 Å². The summed E-state index contributed by atoms with van der Waals surface area (Å²) in [5, 5.41) is 10.3. The lowest BCUT2D eigenvalue weighted by Crippen LogP contribution is -2.45. The lowest BCUT2D eigenvalue weighted by molar-refractivity contribution is 0.0697. The van der Waals surface area contributed by atoms with Crippen LogP contribution in [-0.4, -0.2) is 61.3 Å². The van der Waals surface area contributed by atoms with E-state index in [2.05, 4.69) is 21.8 Å². The third-order valence-corrected chi connectivity index (χ3v) is 4.10. The van der Waals surface area contributed by atoms with Gasteiger partial charge in [-0.25, -0.2) is 4.79 Å². The van der Waals surface area contributed by atoms with Crippen molar-refractivity contribution in [1.29, 1.82) is 0 Å². The molecule has 1 fully saturated rings. The number of hydrogen-bond acceptors (Lipinski definition) is 5. The van der Waals surface area contributed by atoms with E-state index >= 15 is 0 Å². The molecule has 0 atom stereocenters. The normalized spacial score (nSPS) is 15.3. The van der Waals surface area contributed by atoms with E-state index in [1.807, 2.05) is 18.2 Å². The molecule has 124 valence electrons. The molecule has 1 aromatic heterocycles. The van der Waals surface area contributed by atoms with Crippen LogP contribution >= 0.6 is 12.4 Å². The molecular formula is C16H20ClN3O3. The standard InChI is InChI=1S/C16H19N3O3.ClH/c1-18-5-7-19(8-6-18)15-12-9-11(22-2)3-4-14(12)17-10-13(15)16(20)21;/h3-4,9-10H,5-8H2,1-2H3,(H,20,21);1H. The predicted molar refractivity (Wildman–Crippen MR) is 92.2 cm³/mol. The summed E-state index contributed by atoms with van der Waals surface area (Å²) in [6.07, 6.45) is 1.45. The highest BCUT2D eigenvalue weighted by Crippen LogP contribution is 2.32. The minimum absolute atomic E-state index is 0. The van der Waals surface area contributed by atoms with Crippen molar-refractivity contribution in [2.45, 2.75) is 0 Å². The van der Waals surface area contributed by atoms with Gasteiger partial charge in [-0.05, 0) is 25.2 Å². The maximum absolute atomic E-state index is 11.6. The van der Waals surface area contributed by atoms with E-state index in [-0.39, 0.29) is 18.0 Å². The van der Waals surface area contributed by atoms with Crippen LogP contribution in [0.5, 0.6) is 5.75 Å². The molecule has 0 bridgehead atoms. The number of nitrogens with zero attached hydrogens (tertiary/aromatic N) is 3. The fraction of sp³-hybridized carbons (Fsp3) is 0.375. The maximum atomic E-state index is 11.6. The van der Waals surface area contributed by atoms with Crippen LogP contribution < -0.4 is 9.64 Å². The summed E-state index contributed by atoms with van der Waals surface area (Å²) >= 11 is 0. The number of ether oxygens (including phenoxy) is 1. The smallest absolute Gasteiger partial charge is 0.339 e. The number of likely N-dealkylation sites (N-methyl/N-ethyl adjacent to an activating group) is 1. The molecule has 1 N–H and O–H groups in total. The highest BCUT2D eigenvalue weighted by molar-refractivity contribution is 6.05. The van der Waals surface area contributed by atoms with E-state index in [1.54, 1.807) is 7.11 Å². The van der Waals surface area contributed by atoms with Crippen LogP contribution in [0.1, 0.15) is 10.4 Å². The number of carboxylic acids is 1. The molecule has 1 saturated heterocycles. The van der Waals surface area contributed by atoms with Crippen LogP contribution in [0.4, 0.5) is 5.69 Å². The molecule has 0 aliphatic carbocycles. The van der Waals surface area contributed by atoms with Crippen molar-refractivity contribution >= 4 is 35.0 Å². The Bertz CT molecular complexity index is 715. The van der Waals surface area contributed by atoms with Gasteiger partial charge in [-0.3, -0.25) is 4.98 Å². The topological polar surface area (TPSA) is 65.9 Å². The van der Waals surface area contributed by atoms with Gasteiger partial charge in [0.1, 0.15) is 11.3 Å². The molecule has 2 aromatic rings. The van der Waals surface area contributed by atoms with Gasteiger partial charge in [0.15, 0.2) is 0 Å². The first kappa shape index (κ1) is 17.3. The van der Waals surface area contributed by atoms with Crippen LogP contribution in [0.3, 0.4) is 0 Å². The molecule has 3 rings (SSSR count). The Labute approximate surface area is 141 Å². The Balaban J connectivity index is 0.00000192. The average Bonchev–Trinajstić information content (AvgIpc) is 2.54. The first-order chi connectivity index (χ1) is 10.6. The molecule has 2 heterocycles. The van der Waals surface area contributed by atoms with Crippen LogP contribution in [0.25, 0.3) is 10.9 Å². The lowest BCUT2D eigenvalue weighted by Gasteiger charge is -2.35. The van der Waals surface area contributed by atoms with Crippen LogP contribution in [0.15, 0.2) is 24.4 Å². The minimum atomic E-state index is -0.953. The predicted octanol–water partition coefficient (Wildman–Crippen LogP) is 2.12. The summed E-state index contributed by atoms with van der Waals surface area (Å²) in [7, 11) is 3.67. The molecule has 0 unspecified atom stereocenters. The van der Waals surface area contributed by atoms with E-state index in [1.165, 1.54) is 6.20 Å². The summed E-state index contributed by atoms with van der Waals surface area (Å²) < 4.78 is 5.28. The second-order valence-electron chi connectivity index (χ2n) is 5.50. The van der Waals surface area contributed by atoms with Crippen molar-refractivity contribution in [3.8, 4) is 5.75 Å². The summed E-state index contributed by atoms with van der Waals surface area (Å²) in [6.45, 7) is 3.42. The third kappa shape index (κ3) is 3.33. The first-order valence-corrected chi connectivity index (χ1v) is 7.23. The van der Waals surface area contributed by atoms with E-state index in [0.29, 0.717) is 5.75 Å². The van der Waals surface area contributed by atoms with Gasteiger partial charge >= 0.3 is 5.97 Å². The second-order valence-corrected chi connectivity index (χ2v) is 5.50. The Kier molecular flexibility index (Phi) is 5.28. The van der Waals surface area contributed by atoms with E-state index in [9.17, 15) is 9.90 Å². The van der Waals surface area contributed by atoms with Crippen LogP contribution in [0.2, 0.25) is 0 Å². The SMILES string of the molecule is COc1ccc2ncc(C(=O)O)c(N3CCN(C)CC3)c2c1.Cl. The van der Waals surface area contributed by atoms with Gasteiger partial charge in [-0.15, -0.1) is 12.4 Å². The zero-order valence-corrected chi connectivity index (χ0v) is 14.0. The molecule has 0 spiro atoms. The number of aromatic carboxylic acids is 1. The molecule has 1 aromatic carbocycles. The largest absolute Gasteiger partial charge is 0.497 e. The lowest BCUT2D eigenvalue weighted by atomic mass is 10.1. The van der Waals surface area contributed by atoms with Gasteiger partial charge in [0, 0.05) is 37.8 Å². The molecular weight excluding hydrogens is 318 g/mol. The van der Waals surface area contributed by atoms with Crippen molar-refractivity contribution < 1.29 is 14.6 Å². The van der Waals surface area contributed by atoms with E-state index in [4.69, 9.17) is 4.74 Å². The third-order valence-electron chi connectivity index (χ3n) is 4.10. The van der Waals surface area contributed by atoms with Crippen LogP contribution in [-0.2, 0) is 0 Å². The first-order valence-electron chi connectivity index (χ1n) is 7.23. The number of carboxylic acid groups (broad SMARTS) is 1. The Hall–Kier alpha value is -2.05. The number of aromatic nitrogens is 1. The summed E-state index contributed by atoms with van der Waals surface area (Å²) in [5.74, 6) is -0.252. The van der Waals surface area contributed by atoms with Crippen molar-refractivity contribution in [1.82, 2.24) is 9.88 Å². The number of fused-ring (bicyclic) bond motifs is 1. The second kappa shape index (κ2) is 7.02. The molecule has 0 amide bonds. The molecule has 7 heteroatoms. The molecule has 1 aliphatic heterocycles. The number of pyridine rings is 1. The minimum Gasteiger partial charge on any atom is -0.497 e. The Morgan fingerprint density at radius 1 is 1.26 bits per heavy atom. The number of hydrogen-bond donors (Lipinski definition) is 1. The fourth-order valence-electron chi connectivity index (χ4n) is 2.81. The van der Waals surface area contributed by atoms with Crippen LogP contribution in [0, 0.1) is 0 Å². The number of piperazine rings is 1. The Morgan fingerprint density at radius 3 is 2.57 bits per heavy atom. The Morgan fingerprint density at radius 2 is 1.96 bits per heavy atom. The van der Waals surface area contributed by atoms with Gasteiger partial charge in [0.25, 0.3) is 0 Å². The van der Waals surface area contributed by atoms with E-state index < -0.39 is 5.97 Å². The molecule has 23 heavy (non-hydrogen) atoms. The monoisotopic (exact) mass is 337 g/mol. The number of carbonyl (C=O) groups is 1. The number of halogens is 1. The zero-order valence-electron chi connectivity index (χ0n) is 13.2. The molecule has 6 nitrogen and oxygen atoms in total. The van der Waals surface area contributed by atoms with Crippen molar-refractivity contribution in [2.24, 2.45) is 0 Å². The number of anilines is 1. The maximum Gasteiger partial charge on any atom is 0.339 e. The number of methoxy groups -OCH3 is 1. The number of benzene rings is 1. The summed E-state index contributed by atoms with van der Waals surface area (Å²) in [6, 6.07) is 5.56. The van der Waals surface area contributed by atoms with Gasteiger partial charge in [-0.2, -0.15) is 0 Å². The van der Waals surface area contributed by atoms with Crippen molar-refractivity contribution in [2.75, 3.05) is 45.2 Å². The highest BCUT2D eigenvalue weighted by Gasteiger charge is 2.23. The van der Waals surface area contributed by atoms with Gasteiger partial charge in [-0.1, -0.05) is 0 Å². The zero-order chi connectivity index (χ0) is 15.7. The summed E-state index contributed by atoms with van der Waals surface area (Å²) in [4.78, 5) is 20.3. The average molecular weight is 338 g/mol. The summed E-state index contributed by atoms with van der Waals surface area (Å²) in [5.41, 5.74) is 1.76.